The minimum Gasteiger partial charge on any atom is -0.362 e. The Balaban J connectivity index is 1.17. The van der Waals surface area contributed by atoms with E-state index in [-0.39, 0.29) is 24.3 Å². The summed E-state index contributed by atoms with van der Waals surface area (Å²) in [6, 6.07) is 6.35. The highest BCUT2D eigenvalue weighted by atomic mass is 32.2. The molecule has 0 radical (unpaired) electrons. The van der Waals surface area contributed by atoms with Crippen molar-refractivity contribution >= 4 is 28.5 Å². The minimum absolute atomic E-state index is 0.104. The van der Waals surface area contributed by atoms with Crippen LogP contribution in [-0.2, 0) is 12.8 Å². The average Bonchev–Trinajstić information content (AvgIpc) is 3.51. The van der Waals surface area contributed by atoms with Crippen molar-refractivity contribution in [2.45, 2.75) is 56.4 Å². The van der Waals surface area contributed by atoms with Gasteiger partial charge in [-0.05, 0) is 67.6 Å². The number of thiazole rings is 1. The van der Waals surface area contributed by atoms with E-state index in [2.05, 4.69) is 27.9 Å². The van der Waals surface area contributed by atoms with Crippen LogP contribution in [0.2, 0.25) is 0 Å². The van der Waals surface area contributed by atoms with Crippen molar-refractivity contribution in [3.63, 3.8) is 0 Å². The number of hydrogen-bond acceptors (Lipinski definition) is 6. The van der Waals surface area contributed by atoms with Crippen LogP contribution in [-0.4, -0.2) is 53.4 Å². The predicted octanol–water partition coefficient (Wildman–Crippen LogP) is 6.48. The molecule has 1 N–H and O–H groups in total. The number of halogens is 6. The summed E-state index contributed by atoms with van der Waals surface area (Å²) in [6.45, 7) is 0.229. The van der Waals surface area contributed by atoms with Crippen LogP contribution in [0, 0.1) is 17.8 Å². The van der Waals surface area contributed by atoms with Gasteiger partial charge in [0.15, 0.2) is 0 Å². The standard InChI is InChI=1S/C25H28F6N4S2/c26-24(27,28)14-35-13-23(33-37-35)19-3-4-20(23)11-17-9-16(2-1-15(17)10-19)22-32-12-21(36-22)34-7-5-18(6-8-34)25(29,30)31/h1-2,9,12,18-20,33H,3-8,10-11,13-14H2/t19-,20+,23+/m0/s1. The van der Waals surface area contributed by atoms with Gasteiger partial charge in [-0.15, -0.1) is 0 Å². The molecule has 2 aromatic rings. The van der Waals surface area contributed by atoms with Crippen LogP contribution in [0.25, 0.3) is 10.6 Å². The zero-order valence-corrected chi connectivity index (χ0v) is 21.7. The third kappa shape index (κ3) is 4.98. The fraction of sp³-hybridized carbons (Fsp3) is 0.640. The first-order valence-corrected chi connectivity index (χ1v) is 14.2. The van der Waals surface area contributed by atoms with Crippen LogP contribution >= 0.6 is 23.5 Å². The highest BCUT2D eigenvalue weighted by Gasteiger charge is 2.56. The maximum atomic E-state index is 13.0. The van der Waals surface area contributed by atoms with E-state index < -0.39 is 24.8 Å². The molecule has 12 heteroatoms. The van der Waals surface area contributed by atoms with Crippen LogP contribution in [0.15, 0.2) is 24.4 Å². The molecule has 2 saturated heterocycles. The number of alkyl halides is 6. The van der Waals surface area contributed by atoms with Gasteiger partial charge in [-0.1, -0.05) is 23.5 Å². The second kappa shape index (κ2) is 9.31. The minimum atomic E-state index is -4.22. The molecule has 202 valence electrons. The Morgan fingerprint density at radius 2 is 1.68 bits per heavy atom. The number of nitrogens with one attached hydrogen (secondary N) is 1. The zero-order chi connectivity index (χ0) is 26.0. The summed E-state index contributed by atoms with van der Waals surface area (Å²) in [5, 5.41) is 1.73. The summed E-state index contributed by atoms with van der Waals surface area (Å²) >= 11 is 2.62. The summed E-state index contributed by atoms with van der Waals surface area (Å²) < 4.78 is 83.0. The van der Waals surface area contributed by atoms with E-state index in [4.69, 9.17) is 0 Å². The second-order valence-electron chi connectivity index (χ2n) is 10.8. The molecule has 0 unspecified atom stereocenters. The highest BCUT2D eigenvalue weighted by molar-refractivity contribution is 7.95. The Kier molecular flexibility index (Phi) is 6.48. The van der Waals surface area contributed by atoms with Gasteiger partial charge in [-0.25, -0.2) is 14.0 Å². The molecule has 3 atom stereocenters. The number of fused-ring (bicyclic) bond motifs is 1. The predicted molar refractivity (Wildman–Crippen MR) is 133 cm³/mol. The quantitative estimate of drug-likeness (QED) is 0.342. The molecule has 2 aliphatic heterocycles. The van der Waals surface area contributed by atoms with Gasteiger partial charge in [-0.2, -0.15) is 26.3 Å². The molecule has 2 bridgehead atoms. The van der Waals surface area contributed by atoms with Crippen molar-refractivity contribution in [2.75, 3.05) is 31.1 Å². The fourth-order valence-corrected chi connectivity index (χ4v) is 8.84. The molecule has 37 heavy (non-hydrogen) atoms. The van der Waals surface area contributed by atoms with Crippen molar-refractivity contribution in [1.82, 2.24) is 14.0 Å². The van der Waals surface area contributed by atoms with Crippen molar-refractivity contribution in [2.24, 2.45) is 17.8 Å². The van der Waals surface area contributed by atoms with Gasteiger partial charge in [0.1, 0.15) is 16.6 Å². The number of rotatable bonds is 3. The van der Waals surface area contributed by atoms with E-state index in [1.165, 1.54) is 26.8 Å². The fourth-order valence-electron chi connectivity index (χ4n) is 6.69. The van der Waals surface area contributed by atoms with Gasteiger partial charge in [0.25, 0.3) is 0 Å². The van der Waals surface area contributed by atoms with Gasteiger partial charge in [-0.3, -0.25) is 0 Å². The van der Waals surface area contributed by atoms with Crippen LogP contribution in [0.4, 0.5) is 31.3 Å². The second-order valence-corrected chi connectivity index (χ2v) is 12.7. The Hall–Kier alpha value is -1.50. The van der Waals surface area contributed by atoms with Gasteiger partial charge < -0.3 is 4.90 Å². The monoisotopic (exact) mass is 562 g/mol. The topological polar surface area (TPSA) is 31.4 Å². The number of hydrogen-bond donors (Lipinski definition) is 1. The summed E-state index contributed by atoms with van der Waals surface area (Å²) in [4.78, 5) is 6.58. The number of aromatic nitrogens is 1. The maximum Gasteiger partial charge on any atom is 0.402 e. The largest absolute Gasteiger partial charge is 0.402 e. The number of piperidine rings is 1. The third-order valence-electron chi connectivity index (χ3n) is 8.63. The summed E-state index contributed by atoms with van der Waals surface area (Å²) in [5.41, 5.74) is 3.15. The molecular formula is C25H28F6N4S2. The molecule has 4 aliphatic rings. The van der Waals surface area contributed by atoms with Crippen LogP contribution in [0.5, 0.6) is 0 Å². The number of benzene rings is 1. The number of nitrogens with zero attached hydrogens (tertiary/aromatic N) is 3. The summed E-state index contributed by atoms with van der Waals surface area (Å²) in [5.74, 6) is -0.671. The van der Waals surface area contributed by atoms with Crippen LogP contribution in [0.1, 0.15) is 36.8 Å². The molecule has 1 aromatic carbocycles. The SMILES string of the molecule is FC(F)(F)CN1C[C@]2(NS1)[C@@H]1CC[C@H]2Cc2ccc(-c3ncc(N4CCC(C(F)(F)F)CC4)s3)cc2C1. The van der Waals surface area contributed by atoms with E-state index in [1.807, 2.05) is 4.90 Å². The molecule has 1 saturated carbocycles. The Bertz CT molecular complexity index is 1140. The van der Waals surface area contributed by atoms with E-state index in [9.17, 15) is 26.3 Å². The summed E-state index contributed by atoms with van der Waals surface area (Å²) in [6.07, 6.45) is -2.72. The molecule has 2 aliphatic carbocycles. The average molecular weight is 563 g/mol. The third-order valence-corrected chi connectivity index (χ3v) is 10.7. The lowest BCUT2D eigenvalue weighted by molar-refractivity contribution is -0.179. The molecule has 3 fully saturated rings. The molecule has 0 amide bonds. The molecule has 3 heterocycles. The molecule has 1 aromatic heterocycles. The molecule has 6 rings (SSSR count). The first-order chi connectivity index (χ1) is 17.5. The van der Waals surface area contributed by atoms with E-state index in [0.29, 0.717) is 25.6 Å². The van der Waals surface area contributed by atoms with E-state index in [1.54, 1.807) is 6.20 Å². The van der Waals surface area contributed by atoms with E-state index >= 15 is 0 Å². The van der Waals surface area contributed by atoms with Crippen molar-refractivity contribution in [3.05, 3.63) is 35.5 Å². The zero-order valence-electron chi connectivity index (χ0n) is 20.0. The Morgan fingerprint density at radius 3 is 2.35 bits per heavy atom. The molecule has 1 spiro atoms. The lowest BCUT2D eigenvalue weighted by Gasteiger charge is -2.34. The smallest absolute Gasteiger partial charge is 0.362 e. The first kappa shape index (κ1) is 25.8. The molecule has 4 nitrogen and oxygen atoms in total. The van der Waals surface area contributed by atoms with Crippen molar-refractivity contribution in [1.29, 1.82) is 0 Å². The maximum absolute atomic E-state index is 13.0. The van der Waals surface area contributed by atoms with E-state index in [0.717, 1.165) is 53.4 Å². The lowest BCUT2D eigenvalue weighted by Crippen LogP contribution is -2.51. The number of anilines is 1. The van der Waals surface area contributed by atoms with Crippen molar-refractivity contribution in [3.8, 4) is 10.6 Å². The van der Waals surface area contributed by atoms with Crippen molar-refractivity contribution < 1.29 is 26.3 Å². The first-order valence-electron chi connectivity index (χ1n) is 12.7. The van der Waals surface area contributed by atoms with Gasteiger partial charge >= 0.3 is 12.4 Å². The summed E-state index contributed by atoms with van der Waals surface area (Å²) in [7, 11) is 0. The van der Waals surface area contributed by atoms with Gasteiger partial charge in [0, 0.05) is 42.9 Å². The Labute approximate surface area is 220 Å². The highest BCUT2D eigenvalue weighted by Crippen LogP contribution is 2.52. The lowest BCUT2D eigenvalue weighted by atomic mass is 9.79. The van der Waals surface area contributed by atoms with Crippen LogP contribution in [0.3, 0.4) is 0 Å². The van der Waals surface area contributed by atoms with Gasteiger partial charge in [0.05, 0.1) is 12.1 Å². The van der Waals surface area contributed by atoms with Crippen LogP contribution < -0.4 is 9.62 Å². The Morgan fingerprint density at radius 1 is 0.973 bits per heavy atom. The van der Waals surface area contributed by atoms with Gasteiger partial charge in [0.2, 0.25) is 0 Å². The molecular weight excluding hydrogens is 534 g/mol. The normalized spacial score (nSPS) is 29.2.